The Bertz CT molecular complexity index is 531. The maximum Gasteiger partial charge on any atom is 0.502 e. The number of nitrogens with two attached hydrogens (primary N) is 1. The van der Waals surface area contributed by atoms with Gasteiger partial charge in [-0.25, -0.2) is 12.8 Å². The molecule has 1 aromatic rings. The van der Waals surface area contributed by atoms with E-state index in [-0.39, 0.29) is 4.90 Å². The van der Waals surface area contributed by atoms with Crippen LogP contribution in [0.5, 0.6) is 0 Å². The summed E-state index contributed by atoms with van der Waals surface area (Å²) in [5.41, 5.74) is -5.59. The van der Waals surface area contributed by atoms with E-state index in [1.807, 2.05) is 0 Å². The van der Waals surface area contributed by atoms with Crippen LogP contribution in [-0.2, 0) is 19.2 Å². The lowest BCUT2D eigenvalue weighted by molar-refractivity contribution is -0.195. The summed E-state index contributed by atoms with van der Waals surface area (Å²) < 4.78 is 76.0. The molecule has 0 saturated heterocycles. The second-order valence-corrected chi connectivity index (χ2v) is 5.47. The van der Waals surface area contributed by atoms with E-state index >= 15 is 0 Å². The van der Waals surface area contributed by atoms with Crippen molar-refractivity contribution in [1.29, 1.82) is 0 Å². The summed E-state index contributed by atoms with van der Waals surface area (Å²) in [6.07, 6.45) is 0. The average molecular weight is 307 g/mol. The molecular formula is C7H5F4NO4S2. The van der Waals surface area contributed by atoms with Gasteiger partial charge in [0.2, 0.25) is 0 Å². The van der Waals surface area contributed by atoms with Crippen LogP contribution in [0, 0.1) is 5.82 Å². The van der Waals surface area contributed by atoms with Crippen molar-refractivity contribution < 1.29 is 35.3 Å². The zero-order chi connectivity index (χ0) is 14.0. The quantitative estimate of drug-likeness (QED) is 0.396. The minimum absolute atomic E-state index is 0.135. The van der Waals surface area contributed by atoms with Crippen molar-refractivity contribution in [1.82, 2.24) is 0 Å². The van der Waals surface area contributed by atoms with E-state index in [2.05, 4.69) is 15.2 Å². The lowest BCUT2D eigenvalue weighted by atomic mass is 10.3. The first-order valence-electron chi connectivity index (χ1n) is 4.01. The van der Waals surface area contributed by atoms with E-state index in [4.69, 9.17) is 0 Å². The number of rotatable bonds is 4. The lowest BCUT2D eigenvalue weighted by Gasteiger charge is -2.09. The van der Waals surface area contributed by atoms with Gasteiger partial charge < -0.3 is 0 Å². The molecule has 0 aromatic heterocycles. The van der Waals surface area contributed by atoms with Gasteiger partial charge in [0, 0.05) is 4.90 Å². The predicted octanol–water partition coefficient (Wildman–Crippen LogP) is 1.95. The van der Waals surface area contributed by atoms with Crippen LogP contribution in [0.1, 0.15) is 0 Å². The molecule has 5 nitrogen and oxygen atoms in total. The highest BCUT2D eigenvalue weighted by Gasteiger charge is 2.48. The highest BCUT2D eigenvalue weighted by atomic mass is 32.2. The number of halogens is 4. The summed E-state index contributed by atoms with van der Waals surface area (Å²) in [5, 5.41) is 0. The van der Waals surface area contributed by atoms with Crippen molar-refractivity contribution in [2.24, 2.45) is 5.90 Å². The van der Waals surface area contributed by atoms with Gasteiger partial charge in [-0.1, -0.05) is 0 Å². The van der Waals surface area contributed by atoms with Gasteiger partial charge in [-0.05, 0) is 18.2 Å². The molecule has 1 rings (SSSR count). The van der Waals surface area contributed by atoms with Crippen LogP contribution in [0.2, 0.25) is 0 Å². The molecule has 0 bridgehead atoms. The molecule has 0 spiro atoms. The summed E-state index contributed by atoms with van der Waals surface area (Å²) in [4.78, 5) is 2.03. The van der Waals surface area contributed by atoms with Gasteiger partial charge in [0.15, 0.2) is 0 Å². The molecule has 102 valence electrons. The Morgan fingerprint density at radius 2 is 1.89 bits per heavy atom. The molecule has 18 heavy (non-hydrogen) atoms. The Morgan fingerprint density at radius 3 is 2.39 bits per heavy atom. The van der Waals surface area contributed by atoms with Crippen molar-refractivity contribution in [2.45, 2.75) is 15.3 Å². The first kappa shape index (κ1) is 15.2. The molecule has 0 aliphatic carbocycles. The highest BCUT2D eigenvalue weighted by Crippen LogP contribution is 2.33. The molecule has 0 heterocycles. The number of hydrogen-bond acceptors (Lipinski definition) is 6. The molecule has 11 heteroatoms. The zero-order valence-corrected chi connectivity index (χ0v) is 9.90. The Kier molecular flexibility index (Phi) is 4.55. The van der Waals surface area contributed by atoms with E-state index in [1.165, 1.54) is 0 Å². The van der Waals surface area contributed by atoms with Gasteiger partial charge in [0.05, 0.1) is 12.0 Å². The van der Waals surface area contributed by atoms with Crippen LogP contribution >= 0.6 is 12.0 Å². The minimum Gasteiger partial charge on any atom is -0.214 e. The van der Waals surface area contributed by atoms with E-state index in [0.29, 0.717) is 24.2 Å². The van der Waals surface area contributed by atoms with Crippen molar-refractivity contribution in [3.8, 4) is 0 Å². The molecule has 0 atom stereocenters. The largest absolute Gasteiger partial charge is 0.502 e. The lowest BCUT2D eigenvalue weighted by Crippen LogP contribution is -2.24. The molecule has 0 amide bonds. The Labute approximate surface area is 103 Å². The van der Waals surface area contributed by atoms with E-state index in [0.717, 1.165) is 6.07 Å². The van der Waals surface area contributed by atoms with E-state index in [9.17, 15) is 26.0 Å². The van der Waals surface area contributed by atoms with Crippen LogP contribution < -0.4 is 5.90 Å². The molecule has 0 fully saturated rings. The highest BCUT2D eigenvalue weighted by molar-refractivity contribution is 7.94. The van der Waals surface area contributed by atoms with Gasteiger partial charge in [0.1, 0.15) is 10.7 Å². The van der Waals surface area contributed by atoms with Crippen molar-refractivity contribution >= 4 is 21.9 Å². The van der Waals surface area contributed by atoms with Crippen LogP contribution in [0.4, 0.5) is 17.6 Å². The predicted molar refractivity (Wildman–Crippen MR) is 51.9 cm³/mol. The smallest absolute Gasteiger partial charge is 0.214 e. The monoisotopic (exact) mass is 307 g/mol. The Hall–Kier alpha value is -0.880. The molecule has 1 aromatic carbocycles. The van der Waals surface area contributed by atoms with Crippen molar-refractivity contribution in [3.63, 3.8) is 0 Å². The summed E-state index contributed by atoms with van der Waals surface area (Å²) in [5.74, 6) is 2.96. The average Bonchev–Trinajstić information content (AvgIpc) is 2.26. The molecular weight excluding hydrogens is 302 g/mol. The molecule has 0 aliphatic rings. The Balaban J connectivity index is 3.24. The van der Waals surface area contributed by atoms with Crippen LogP contribution in [0.15, 0.2) is 28.0 Å². The molecule has 0 unspecified atom stereocenters. The number of hydrogen-bond donors (Lipinski definition) is 1. The third-order valence-corrected chi connectivity index (χ3v) is 3.76. The molecule has 2 N–H and O–H groups in total. The first-order chi connectivity index (χ1) is 8.20. The maximum absolute atomic E-state index is 13.1. The van der Waals surface area contributed by atoms with E-state index < -0.39 is 26.1 Å². The van der Waals surface area contributed by atoms with E-state index in [1.54, 1.807) is 0 Å². The second kappa shape index (κ2) is 5.40. The SMILES string of the molecule is NOOSc1ccc(F)c(S(=O)(=O)C(F)(F)F)c1. The van der Waals surface area contributed by atoms with Crippen LogP contribution in [0.25, 0.3) is 0 Å². The van der Waals surface area contributed by atoms with Crippen LogP contribution in [0.3, 0.4) is 0 Å². The van der Waals surface area contributed by atoms with Crippen molar-refractivity contribution in [2.75, 3.05) is 0 Å². The second-order valence-electron chi connectivity index (χ2n) is 2.79. The number of sulfone groups is 1. The fraction of sp³-hybridized carbons (Fsp3) is 0.143. The topological polar surface area (TPSA) is 78.6 Å². The van der Waals surface area contributed by atoms with Gasteiger partial charge >= 0.3 is 5.51 Å². The molecule has 0 aliphatic heterocycles. The summed E-state index contributed by atoms with van der Waals surface area (Å²) >= 11 is 0.324. The van der Waals surface area contributed by atoms with Crippen LogP contribution in [-0.4, -0.2) is 13.9 Å². The fourth-order valence-electron chi connectivity index (χ4n) is 0.925. The van der Waals surface area contributed by atoms with Gasteiger partial charge in [0.25, 0.3) is 9.84 Å². The number of alkyl halides is 3. The first-order valence-corrected chi connectivity index (χ1v) is 6.23. The summed E-state index contributed by atoms with van der Waals surface area (Å²) in [6.45, 7) is 0. The molecule has 0 radical (unpaired) electrons. The minimum atomic E-state index is -5.77. The third kappa shape index (κ3) is 3.11. The zero-order valence-electron chi connectivity index (χ0n) is 8.27. The van der Waals surface area contributed by atoms with Gasteiger partial charge in [-0.2, -0.15) is 19.1 Å². The maximum atomic E-state index is 13.1. The Morgan fingerprint density at radius 1 is 1.28 bits per heavy atom. The fourth-order valence-corrected chi connectivity index (χ4v) is 2.26. The summed E-state index contributed by atoms with van der Waals surface area (Å²) in [7, 11) is -5.77. The molecule has 0 saturated carbocycles. The third-order valence-electron chi connectivity index (χ3n) is 1.67. The standard InChI is InChI=1S/C7H5F4NO4S2/c8-5-2-1-4(17-16-15-12)3-6(5)18(13,14)7(9,10)11/h1-3H,12H2. The van der Waals surface area contributed by atoms with Crippen molar-refractivity contribution in [3.05, 3.63) is 24.0 Å². The number of benzene rings is 1. The van der Waals surface area contributed by atoms with Gasteiger partial charge in [-0.3, -0.25) is 0 Å². The summed E-state index contributed by atoms with van der Waals surface area (Å²) in [6, 6.07) is 2.01. The normalized spacial score (nSPS) is 12.7. The van der Waals surface area contributed by atoms with Gasteiger partial charge in [-0.15, -0.1) is 9.32 Å².